The zero-order chi connectivity index (χ0) is 16.9. The highest BCUT2D eigenvalue weighted by molar-refractivity contribution is 5.82. The average Bonchev–Trinajstić information content (AvgIpc) is 3.44. The van der Waals surface area contributed by atoms with E-state index in [2.05, 4.69) is 5.32 Å². The quantitative estimate of drug-likeness (QED) is 0.868. The molecule has 0 unspecified atom stereocenters. The zero-order valence-electron chi connectivity index (χ0n) is 14.3. The van der Waals surface area contributed by atoms with Gasteiger partial charge < -0.3 is 15.0 Å². The third-order valence-corrected chi connectivity index (χ3v) is 4.94. The summed E-state index contributed by atoms with van der Waals surface area (Å²) in [5, 5.41) is 3.04. The van der Waals surface area contributed by atoms with Crippen molar-refractivity contribution in [3.05, 3.63) is 29.8 Å². The number of carbonyl (C=O) groups is 2. The molecule has 2 amide bonds. The van der Waals surface area contributed by atoms with E-state index in [9.17, 15) is 9.59 Å². The largest absolute Gasteiger partial charge is 0.496 e. The van der Waals surface area contributed by atoms with Gasteiger partial charge in [-0.2, -0.15) is 0 Å². The van der Waals surface area contributed by atoms with E-state index in [1.54, 1.807) is 7.11 Å². The van der Waals surface area contributed by atoms with Gasteiger partial charge in [0.05, 0.1) is 19.4 Å². The Morgan fingerprint density at radius 2 is 2.04 bits per heavy atom. The lowest BCUT2D eigenvalue weighted by atomic mass is 9.96. The molecule has 1 aliphatic heterocycles. The molecule has 5 heteroatoms. The van der Waals surface area contributed by atoms with Crippen LogP contribution < -0.4 is 10.1 Å². The smallest absolute Gasteiger partial charge is 0.227 e. The van der Waals surface area contributed by atoms with Crippen LogP contribution in [0.25, 0.3) is 0 Å². The molecular formula is C19H26N2O3. The van der Waals surface area contributed by atoms with Gasteiger partial charge in [0.1, 0.15) is 5.75 Å². The van der Waals surface area contributed by atoms with Crippen molar-refractivity contribution < 1.29 is 14.3 Å². The van der Waals surface area contributed by atoms with Gasteiger partial charge >= 0.3 is 0 Å². The van der Waals surface area contributed by atoms with Gasteiger partial charge in [0.25, 0.3) is 0 Å². The molecule has 1 atom stereocenters. The molecule has 3 rings (SSSR count). The first-order valence-electron chi connectivity index (χ1n) is 8.84. The van der Waals surface area contributed by atoms with Crippen molar-refractivity contribution in [2.24, 2.45) is 11.8 Å². The molecule has 0 spiro atoms. The third-order valence-electron chi connectivity index (χ3n) is 4.94. The number of rotatable bonds is 6. The van der Waals surface area contributed by atoms with E-state index in [1.165, 1.54) is 12.8 Å². The second-order valence-corrected chi connectivity index (χ2v) is 6.86. The summed E-state index contributed by atoms with van der Waals surface area (Å²) in [6.45, 7) is 2.06. The van der Waals surface area contributed by atoms with Crippen molar-refractivity contribution in [3.8, 4) is 5.75 Å². The number of nitrogens with zero attached hydrogens (tertiary/aromatic N) is 1. The lowest BCUT2D eigenvalue weighted by Gasteiger charge is -2.32. The normalized spacial score (nSPS) is 20.5. The topological polar surface area (TPSA) is 58.6 Å². The van der Waals surface area contributed by atoms with Crippen LogP contribution in [0.4, 0.5) is 0 Å². The van der Waals surface area contributed by atoms with Crippen molar-refractivity contribution in [1.82, 2.24) is 10.2 Å². The van der Waals surface area contributed by atoms with Crippen LogP contribution in [-0.2, 0) is 16.0 Å². The molecule has 5 nitrogen and oxygen atoms in total. The average molecular weight is 330 g/mol. The number of methoxy groups -OCH3 is 1. The first-order chi connectivity index (χ1) is 11.7. The number of ether oxygens (including phenoxy) is 1. The number of amides is 2. The lowest BCUT2D eigenvalue weighted by molar-refractivity contribution is -0.135. The van der Waals surface area contributed by atoms with Gasteiger partial charge in [-0.1, -0.05) is 18.2 Å². The standard InChI is InChI=1S/C19H26N2O3/c1-24-17-7-3-2-5-15(17)11-18(22)21-10-4-6-16(13-21)19(23)20-12-14-8-9-14/h2-3,5,7,14,16H,4,6,8-13H2,1H3,(H,20,23)/t16-/m1/s1. The summed E-state index contributed by atoms with van der Waals surface area (Å²) in [6, 6.07) is 7.59. The van der Waals surface area contributed by atoms with E-state index in [4.69, 9.17) is 4.74 Å². The van der Waals surface area contributed by atoms with Crippen LogP contribution in [0.1, 0.15) is 31.2 Å². The van der Waals surface area contributed by atoms with E-state index in [0.29, 0.717) is 18.9 Å². The van der Waals surface area contributed by atoms with Gasteiger partial charge in [-0.15, -0.1) is 0 Å². The van der Waals surface area contributed by atoms with Gasteiger partial charge in [0.15, 0.2) is 0 Å². The highest BCUT2D eigenvalue weighted by atomic mass is 16.5. The van der Waals surface area contributed by atoms with Gasteiger partial charge in [0.2, 0.25) is 11.8 Å². The molecule has 130 valence electrons. The molecule has 0 aromatic heterocycles. The molecule has 2 fully saturated rings. The Bertz CT molecular complexity index is 598. The third kappa shape index (κ3) is 4.28. The second kappa shape index (κ2) is 7.69. The molecule has 1 aromatic rings. The van der Waals surface area contributed by atoms with Gasteiger partial charge in [-0.3, -0.25) is 9.59 Å². The van der Waals surface area contributed by atoms with Crippen molar-refractivity contribution >= 4 is 11.8 Å². The predicted molar refractivity (Wildman–Crippen MR) is 91.7 cm³/mol. The number of piperidine rings is 1. The van der Waals surface area contributed by atoms with Crippen LogP contribution in [0, 0.1) is 11.8 Å². The van der Waals surface area contributed by atoms with Crippen LogP contribution in [0.3, 0.4) is 0 Å². The molecule has 1 saturated heterocycles. The Morgan fingerprint density at radius 1 is 1.25 bits per heavy atom. The Hall–Kier alpha value is -2.04. The van der Waals surface area contributed by atoms with E-state index < -0.39 is 0 Å². The fourth-order valence-corrected chi connectivity index (χ4v) is 3.25. The maximum atomic E-state index is 12.6. The molecule has 24 heavy (non-hydrogen) atoms. The Morgan fingerprint density at radius 3 is 2.79 bits per heavy atom. The minimum absolute atomic E-state index is 0.0687. The Kier molecular flexibility index (Phi) is 5.38. The summed E-state index contributed by atoms with van der Waals surface area (Å²) < 4.78 is 5.32. The summed E-state index contributed by atoms with van der Waals surface area (Å²) in [4.78, 5) is 26.7. The fourth-order valence-electron chi connectivity index (χ4n) is 3.25. The minimum Gasteiger partial charge on any atom is -0.496 e. The first kappa shape index (κ1) is 16.8. The number of hydrogen-bond acceptors (Lipinski definition) is 3. The van der Waals surface area contributed by atoms with Gasteiger partial charge in [-0.05, 0) is 37.7 Å². The van der Waals surface area contributed by atoms with Crippen molar-refractivity contribution in [3.63, 3.8) is 0 Å². The SMILES string of the molecule is COc1ccccc1CC(=O)N1CCC[C@@H](C(=O)NCC2CC2)C1. The van der Waals surface area contributed by atoms with E-state index in [0.717, 1.165) is 37.2 Å². The fraction of sp³-hybridized carbons (Fsp3) is 0.579. The van der Waals surface area contributed by atoms with Gasteiger partial charge in [0, 0.05) is 25.2 Å². The Labute approximate surface area is 143 Å². The maximum Gasteiger partial charge on any atom is 0.227 e. The summed E-state index contributed by atoms with van der Waals surface area (Å²) in [7, 11) is 1.62. The Balaban J connectivity index is 1.55. The van der Waals surface area contributed by atoms with Crippen LogP contribution >= 0.6 is 0 Å². The summed E-state index contributed by atoms with van der Waals surface area (Å²) >= 11 is 0. The molecule has 0 radical (unpaired) electrons. The number of carbonyl (C=O) groups excluding carboxylic acids is 2. The molecule has 1 aromatic carbocycles. The summed E-state index contributed by atoms with van der Waals surface area (Å²) in [6.07, 6.45) is 4.54. The van der Waals surface area contributed by atoms with E-state index in [-0.39, 0.29) is 17.7 Å². The van der Waals surface area contributed by atoms with Gasteiger partial charge in [-0.25, -0.2) is 0 Å². The number of benzene rings is 1. The van der Waals surface area contributed by atoms with Crippen LogP contribution in [0.15, 0.2) is 24.3 Å². The summed E-state index contributed by atoms with van der Waals surface area (Å²) in [5.74, 6) is 1.53. The van der Waals surface area contributed by atoms with E-state index in [1.807, 2.05) is 29.2 Å². The highest BCUT2D eigenvalue weighted by Crippen LogP contribution is 2.28. The monoisotopic (exact) mass is 330 g/mol. The lowest BCUT2D eigenvalue weighted by Crippen LogP contribution is -2.46. The predicted octanol–water partition coefficient (Wildman–Crippen LogP) is 2.00. The number of likely N-dealkylation sites (tertiary alicyclic amines) is 1. The number of para-hydroxylation sites is 1. The minimum atomic E-state index is -0.0703. The molecular weight excluding hydrogens is 304 g/mol. The zero-order valence-corrected chi connectivity index (χ0v) is 14.3. The molecule has 1 saturated carbocycles. The van der Waals surface area contributed by atoms with Crippen LogP contribution in [0.5, 0.6) is 5.75 Å². The highest BCUT2D eigenvalue weighted by Gasteiger charge is 2.30. The maximum absolute atomic E-state index is 12.6. The second-order valence-electron chi connectivity index (χ2n) is 6.86. The number of nitrogens with one attached hydrogen (secondary N) is 1. The molecule has 1 N–H and O–H groups in total. The number of hydrogen-bond donors (Lipinski definition) is 1. The first-order valence-corrected chi connectivity index (χ1v) is 8.84. The van der Waals surface area contributed by atoms with Crippen molar-refractivity contribution in [2.75, 3.05) is 26.7 Å². The van der Waals surface area contributed by atoms with Crippen LogP contribution in [0.2, 0.25) is 0 Å². The van der Waals surface area contributed by atoms with E-state index >= 15 is 0 Å². The van der Waals surface area contributed by atoms with Crippen molar-refractivity contribution in [1.29, 1.82) is 0 Å². The van der Waals surface area contributed by atoms with Crippen molar-refractivity contribution in [2.45, 2.75) is 32.1 Å². The summed E-state index contributed by atoms with van der Waals surface area (Å²) in [5.41, 5.74) is 0.894. The molecule has 0 bridgehead atoms. The molecule has 1 aliphatic carbocycles. The molecule has 2 aliphatic rings. The van der Waals surface area contributed by atoms with Crippen LogP contribution in [-0.4, -0.2) is 43.5 Å². The molecule has 1 heterocycles.